The number of benzene rings is 1. The van der Waals surface area contributed by atoms with Crippen LogP contribution < -0.4 is 5.32 Å². The number of rotatable bonds is 2. The second-order valence-corrected chi connectivity index (χ2v) is 4.75. The molecule has 6 heteroatoms. The van der Waals surface area contributed by atoms with Crippen molar-refractivity contribution in [2.45, 2.75) is 13.8 Å². The van der Waals surface area contributed by atoms with Gasteiger partial charge in [0.1, 0.15) is 5.82 Å². The van der Waals surface area contributed by atoms with Crippen LogP contribution in [0, 0.1) is 19.7 Å². The molecule has 0 unspecified atom stereocenters. The fraction of sp³-hybridized carbons (Fsp3) is 0.133. The van der Waals surface area contributed by atoms with Crippen LogP contribution in [-0.2, 0) is 0 Å². The third-order valence-electron chi connectivity index (χ3n) is 3.11. The summed E-state index contributed by atoms with van der Waals surface area (Å²) in [6, 6.07) is 7.15. The molecule has 0 aliphatic heterocycles. The normalized spacial score (nSPS) is 10.8. The molecule has 3 rings (SSSR count). The molecule has 2 aromatic heterocycles. The van der Waals surface area contributed by atoms with Crippen LogP contribution in [0.15, 0.2) is 34.9 Å². The van der Waals surface area contributed by atoms with E-state index in [1.807, 2.05) is 19.9 Å². The maximum Gasteiger partial charge on any atom is 0.260 e. The Hall–Kier alpha value is -2.76. The predicted molar refractivity (Wildman–Crippen MR) is 75.6 cm³/mol. The summed E-state index contributed by atoms with van der Waals surface area (Å²) in [5.74, 6) is -0.469. The fourth-order valence-electron chi connectivity index (χ4n) is 2.16. The molecule has 3 aromatic rings. The number of carbonyl (C=O) groups is 1. The highest BCUT2D eigenvalue weighted by molar-refractivity contribution is 6.07. The van der Waals surface area contributed by atoms with Gasteiger partial charge in [0.15, 0.2) is 5.82 Å². The number of amides is 1. The lowest BCUT2D eigenvalue weighted by molar-refractivity contribution is 0.102. The van der Waals surface area contributed by atoms with Crippen LogP contribution in [0.2, 0.25) is 0 Å². The molecule has 5 nitrogen and oxygen atoms in total. The van der Waals surface area contributed by atoms with E-state index in [-0.39, 0.29) is 5.91 Å². The van der Waals surface area contributed by atoms with Crippen LogP contribution in [0.5, 0.6) is 0 Å². The minimum atomic E-state index is -0.394. The van der Waals surface area contributed by atoms with Crippen molar-refractivity contribution >= 4 is 22.8 Å². The Labute approximate surface area is 119 Å². The number of aryl methyl sites for hydroxylation is 2. The van der Waals surface area contributed by atoms with Gasteiger partial charge in [0.05, 0.1) is 5.39 Å². The largest absolute Gasteiger partial charge is 0.334 e. The molecule has 106 valence electrons. The Kier molecular flexibility index (Phi) is 3.13. The summed E-state index contributed by atoms with van der Waals surface area (Å²) in [5.41, 5.74) is 2.44. The number of nitrogens with one attached hydrogen (secondary N) is 1. The smallest absolute Gasteiger partial charge is 0.260 e. The van der Waals surface area contributed by atoms with E-state index in [1.165, 1.54) is 24.3 Å². The van der Waals surface area contributed by atoms with Crippen molar-refractivity contribution in [1.82, 2.24) is 10.1 Å². The molecule has 21 heavy (non-hydrogen) atoms. The van der Waals surface area contributed by atoms with Crippen molar-refractivity contribution in [2.75, 3.05) is 5.32 Å². The quantitative estimate of drug-likeness (QED) is 0.785. The highest BCUT2D eigenvalue weighted by Gasteiger charge is 2.16. The number of anilines is 1. The predicted octanol–water partition coefficient (Wildman–Crippen LogP) is 3.23. The first-order valence-corrected chi connectivity index (χ1v) is 6.35. The van der Waals surface area contributed by atoms with Crippen molar-refractivity contribution in [3.63, 3.8) is 0 Å². The molecular weight excluding hydrogens is 273 g/mol. The number of aromatic nitrogens is 2. The number of nitrogens with zero attached hydrogens (tertiary/aromatic N) is 2. The second kappa shape index (κ2) is 4.97. The summed E-state index contributed by atoms with van der Waals surface area (Å²) in [5, 5.41) is 7.15. The lowest BCUT2D eigenvalue weighted by Gasteiger charge is -2.03. The van der Waals surface area contributed by atoms with E-state index >= 15 is 0 Å². The molecule has 2 heterocycles. The van der Waals surface area contributed by atoms with Crippen molar-refractivity contribution in [3.8, 4) is 0 Å². The Morgan fingerprint density at radius 3 is 2.67 bits per heavy atom. The van der Waals surface area contributed by atoms with Crippen LogP contribution in [-0.4, -0.2) is 16.0 Å². The fourth-order valence-corrected chi connectivity index (χ4v) is 2.16. The third-order valence-corrected chi connectivity index (χ3v) is 3.11. The number of pyridine rings is 1. The van der Waals surface area contributed by atoms with Gasteiger partial charge in [-0.3, -0.25) is 4.79 Å². The molecule has 0 saturated carbocycles. The van der Waals surface area contributed by atoms with Crippen molar-refractivity contribution < 1.29 is 13.7 Å². The second-order valence-electron chi connectivity index (χ2n) is 4.75. The van der Waals surface area contributed by atoms with E-state index in [9.17, 15) is 9.18 Å². The summed E-state index contributed by atoms with van der Waals surface area (Å²) in [6.45, 7) is 3.74. The zero-order valence-corrected chi connectivity index (χ0v) is 11.5. The van der Waals surface area contributed by atoms with E-state index in [0.717, 1.165) is 11.3 Å². The van der Waals surface area contributed by atoms with E-state index in [0.29, 0.717) is 22.5 Å². The van der Waals surface area contributed by atoms with Gasteiger partial charge in [-0.1, -0.05) is 5.16 Å². The van der Waals surface area contributed by atoms with Crippen LogP contribution in [0.4, 0.5) is 10.2 Å². The first kappa shape index (κ1) is 13.2. The van der Waals surface area contributed by atoms with Gasteiger partial charge in [-0.25, -0.2) is 9.37 Å². The summed E-state index contributed by atoms with van der Waals surface area (Å²) in [6.07, 6.45) is 0. The van der Waals surface area contributed by atoms with Crippen molar-refractivity contribution in [1.29, 1.82) is 0 Å². The van der Waals surface area contributed by atoms with Crippen molar-refractivity contribution in [3.05, 3.63) is 53.0 Å². The molecule has 1 amide bonds. The molecule has 1 N–H and O–H groups in total. The van der Waals surface area contributed by atoms with Crippen LogP contribution in [0.3, 0.4) is 0 Å². The molecule has 0 aliphatic rings. The minimum absolute atomic E-state index is 0.310. The van der Waals surface area contributed by atoms with E-state index in [1.54, 1.807) is 0 Å². The van der Waals surface area contributed by atoms with E-state index in [4.69, 9.17) is 4.52 Å². The van der Waals surface area contributed by atoms with Gasteiger partial charge >= 0.3 is 0 Å². The monoisotopic (exact) mass is 285 g/mol. The average Bonchev–Trinajstić information content (AvgIpc) is 2.82. The Morgan fingerprint density at radius 1 is 1.24 bits per heavy atom. The molecule has 1 aromatic carbocycles. The number of fused-ring (bicyclic) bond motifs is 1. The highest BCUT2D eigenvalue weighted by Crippen LogP contribution is 2.25. The lowest BCUT2D eigenvalue weighted by atomic mass is 10.1. The van der Waals surface area contributed by atoms with Gasteiger partial charge in [0.25, 0.3) is 11.6 Å². The molecular formula is C15H12FN3O2. The summed E-state index contributed by atoms with van der Waals surface area (Å²) in [4.78, 5) is 16.3. The first-order valence-electron chi connectivity index (χ1n) is 6.35. The third kappa shape index (κ3) is 2.47. The van der Waals surface area contributed by atoms with Gasteiger partial charge in [-0.15, -0.1) is 0 Å². The molecule has 0 fully saturated rings. The highest BCUT2D eigenvalue weighted by atomic mass is 19.1. The zero-order chi connectivity index (χ0) is 15.0. The zero-order valence-electron chi connectivity index (χ0n) is 11.5. The van der Waals surface area contributed by atoms with Gasteiger partial charge in [0, 0.05) is 11.3 Å². The number of halogens is 1. The molecule has 0 radical (unpaired) electrons. The average molecular weight is 285 g/mol. The lowest BCUT2D eigenvalue weighted by Crippen LogP contribution is -2.12. The van der Waals surface area contributed by atoms with Crippen LogP contribution in [0.25, 0.3) is 11.1 Å². The van der Waals surface area contributed by atoms with Gasteiger partial charge in [-0.2, -0.15) is 0 Å². The standard InChI is InChI=1S/C15H12FN3O2/c1-8-7-9(2)17-15-12(8)13(19-21-15)18-14(20)10-3-5-11(16)6-4-10/h3-7H,1-2H3,(H,18,19,20). The van der Waals surface area contributed by atoms with Gasteiger partial charge < -0.3 is 9.84 Å². The van der Waals surface area contributed by atoms with Crippen molar-refractivity contribution in [2.24, 2.45) is 0 Å². The molecule has 0 atom stereocenters. The number of carbonyl (C=O) groups excluding carboxylic acids is 1. The molecule has 0 aliphatic carbocycles. The Morgan fingerprint density at radius 2 is 1.95 bits per heavy atom. The van der Waals surface area contributed by atoms with Gasteiger partial charge in [0.2, 0.25) is 0 Å². The summed E-state index contributed by atoms with van der Waals surface area (Å²) in [7, 11) is 0. The number of hydrogen-bond donors (Lipinski definition) is 1. The van der Waals surface area contributed by atoms with Crippen LogP contribution >= 0.6 is 0 Å². The van der Waals surface area contributed by atoms with E-state index in [2.05, 4.69) is 15.5 Å². The van der Waals surface area contributed by atoms with Crippen LogP contribution in [0.1, 0.15) is 21.6 Å². The Balaban J connectivity index is 1.95. The summed E-state index contributed by atoms with van der Waals surface area (Å²) < 4.78 is 18.0. The maximum absolute atomic E-state index is 12.9. The molecule has 0 saturated heterocycles. The summed E-state index contributed by atoms with van der Waals surface area (Å²) >= 11 is 0. The first-order chi connectivity index (χ1) is 10.0. The van der Waals surface area contributed by atoms with Gasteiger partial charge in [-0.05, 0) is 49.7 Å². The molecule has 0 bridgehead atoms. The maximum atomic E-state index is 12.9. The SMILES string of the molecule is Cc1cc(C)c2c(NC(=O)c3ccc(F)cc3)noc2n1. The topological polar surface area (TPSA) is 68.0 Å². The Bertz CT molecular complexity index is 825. The number of hydrogen-bond acceptors (Lipinski definition) is 4. The molecule has 0 spiro atoms. The van der Waals surface area contributed by atoms with E-state index < -0.39 is 5.82 Å². The minimum Gasteiger partial charge on any atom is -0.334 e.